The second kappa shape index (κ2) is 11.6. The summed E-state index contributed by atoms with van der Waals surface area (Å²) in [6, 6.07) is 5.31. The Hall–Kier alpha value is -2.92. The van der Waals surface area contributed by atoms with Gasteiger partial charge in [0.1, 0.15) is 5.82 Å². The highest BCUT2D eigenvalue weighted by atomic mass is 32.1. The number of carbonyl (C=O) groups is 3. The molecule has 0 aliphatic carbocycles. The molecule has 9 nitrogen and oxygen atoms in total. The van der Waals surface area contributed by atoms with Crippen LogP contribution in [0.25, 0.3) is 0 Å². The molecule has 2 N–H and O–H groups in total. The van der Waals surface area contributed by atoms with Gasteiger partial charge < -0.3 is 20.3 Å². The third-order valence-corrected chi connectivity index (χ3v) is 5.86. The van der Waals surface area contributed by atoms with Crippen molar-refractivity contribution >= 4 is 34.7 Å². The Morgan fingerprint density at radius 1 is 1.22 bits per heavy atom. The van der Waals surface area contributed by atoms with Crippen LogP contribution in [0.5, 0.6) is 0 Å². The highest BCUT2D eigenvalue weighted by molar-refractivity contribution is 7.15. The lowest BCUT2D eigenvalue weighted by Gasteiger charge is -2.31. The van der Waals surface area contributed by atoms with E-state index >= 15 is 0 Å². The van der Waals surface area contributed by atoms with Crippen LogP contribution in [0.3, 0.4) is 0 Å². The third-order valence-electron chi connectivity index (χ3n) is 4.95. The fourth-order valence-electron chi connectivity index (χ4n) is 3.30. The van der Waals surface area contributed by atoms with E-state index in [0.29, 0.717) is 51.4 Å². The predicted molar refractivity (Wildman–Crippen MR) is 117 cm³/mol. The summed E-state index contributed by atoms with van der Waals surface area (Å²) >= 11 is 0.882. The van der Waals surface area contributed by atoms with Crippen molar-refractivity contribution in [3.05, 3.63) is 40.1 Å². The van der Waals surface area contributed by atoms with Crippen LogP contribution in [0, 0.1) is 11.7 Å². The monoisotopic (exact) mass is 463 g/mol. The maximum absolute atomic E-state index is 13.0. The van der Waals surface area contributed by atoms with Gasteiger partial charge in [0.15, 0.2) is 0 Å². The molecular formula is C21H26FN5O4S. The largest absolute Gasteiger partial charge is 0.382 e. The molecule has 1 aromatic carbocycles. The van der Waals surface area contributed by atoms with Crippen LogP contribution in [0.1, 0.15) is 45.8 Å². The Morgan fingerprint density at radius 2 is 1.97 bits per heavy atom. The van der Waals surface area contributed by atoms with Gasteiger partial charge >= 0.3 is 0 Å². The van der Waals surface area contributed by atoms with Crippen LogP contribution < -0.4 is 10.6 Å². The van der Waals surface area contributed by atoms with Gasteiger partial charge in [0.25, 0.3) is 11.8 Å². The van der Waals surface area contributed by atoms with Gasteiger partial charge in [-0.1, -0.05) is 11.3 Å². The van der Waals surface area contributed by atoms with Crippen LogP contribution in [0.4, 0.5) is 10.1 Å². The zero-order valence-electron chi connectivity index (χ0n) is 17.8. The van der Waals surface area contributed by atoms with Crippen LogP contribution in [0.2, 0.25) is 0 Å². The lowest BCUT2D eigenvalue weighted by Crippen LogP contribution is -2.45. The summed E-state index contributed by atoms with van der Waals surface area (Å²) in [5.41, 5.74) is 0.408. The molecule has 1 atom stereocenters. The summed E-state index contributed by atoms with van der Waals surface area (Å²) in [5, 5.41) is 13.3. The van der Waals surface area contributed by atoms with E-state index in [4.69, 9.17) is 4.74 Å². The molecule has 32 heavy (non-hydrogen) atoms. The number of amides is 3. The first-order valence-corrected chi connectivity index (χ1v) is 11.3. The fourth-order valence-corrected chi connectivity index (χ4v) is 4.01. The van der Waals surface area contributed by atoms with E-state index < -0.39 is 11.7 Å². The zero-order chi connectivity index (χ0) is 22.9. The number of hydrogen-bond donors (Lipinski definition) is 2. The van der Waals surface area contributed by atoms with E-state index in [1.54, 1.807) is 4.90 Å². The normalized spacial score (nSPS) is 15.9. The van der Waals surface area contributed by atoms with E-state index in [1.807, 2.05) is 6.92 Å². The van der Waals surface area contributed by atoms with Crippen LogP contribution in [0.15, 0.2) is 24.3 Å². The lowest BCUT2D eigenvalue weighted by molar-refractivity contribution is -0.126. The number of benzene rings is 1. The number of halogens is 1. The van der Waals surface area contributed by atoms with Crippen molar-refractivity contribution in [3.63, 3.8) is 0 Å². The van der Waals surface area contributed by atoms with E-state index in [9.17, 15) is 18.8 Å². The molecule has 11 heteroatoms. The van der Waals surface area contributed by atoms with Crippen molar-refractivity contribution in [1.82, 2.24) is 20.4 Å². The second-order valence-electron chi connectivity index (χ2n) is 7.31. The number of ether oxygens (including phenoxy) is 1. The van der Waals surface area contributed by atoms with Crippen molar-refractivity contribution in [2.45, 2.75) is 26.2 Å². The van der Waals surface area contributed by atoms with Crippen molar-refractivity contribution in [3.8, 4) is 0 Å². The van der Waals surface area contributed by atoms with Crippen molar-refractivity contribution in [2.75, 3.05) is 38.2 Å². The van der Waals surface area contributed by atoms with Crippen LogP contribution in [-0.2, 0) is 9.53 Å². The summed E-state index contributed by atoms with van der Waals surface area (Å²) < 4.78 is 18.2. The maximum atomic E-state index is 13.0. The molecule has 172 valence electrons. The average Bonchev–Trinajstić information content (AvgIpc) is 3.30. The van der Waals surface area contributed by atoms with E-state index in [2.05, 4.69) is 20.8 Å². The molecule has 1 aliphatic heterocycles. The standard InChI is InChI=1S/C21H26FN5O4S/c1-2-31-12-4-10-23-17(28)14-5-3-11-27(13-14)21(30)20-26-25-19(32-20)18(29)24-16-8-6-15(22)7-9-16/h6-9,14H,2-5,10-13H2,1H3,(H,23,28)(H,24,29). The summed E-state index contributed by atoms with van der Waals surface area (Å²) in [6.07, 6.45) is 2.16. The molecule has 1 saturated heterocycles. The number of anilines is 1. The summed E-state index contributed by atoms with van der Waals surface area (Å²) in [7, 11) is 0. The number of carbonyl (C=O) groups excluding carboxylic acids is 3. The third kappa shape index (κ3) is 6.54. The highest BCUT2D eigenvalue weighted by Crippen LogP contribution is 2.21. The van der Waals surface area contributed by atoms with Crippen molar-refractivity contribution < 1.29 is 23.5 Å². The minimum atomic E-state index is -0.531. The molecule has 1 aliphatic rings. The molecule has 0 radical (unpaired) electrons. The van der Waals surface area contributed by atoms with Gasteiger partial charge in [-0.15, -0.1) is 10.2 Å². The first kappa shape index (κ1) is 23.7. The van der Waals surface area contributed by atoms with Gasteiger partial charge in [-0.05, 0) is 50.5 Å². The minimum Gasteiger partial charge on any atom is -0.382 e. The van der Waals surface area contributed by atoms with Gasteiger partial charge in [-0.3, -0.25) is 14.4 Å². The smallest absolute Gasteiger partial charge is 0.286 e. The quantitative estimate of drug-likeness (QED) is 0.552. The first-order valence-electron chi connectivity index (χ1n) is 10.5. The predicted octanol–water partition coefficient (Wildman–Crippen LogP) is 2.32. The Morgan fingerprint density at radius 3 is 2.72 bits per heavy atom. The molecule has 1 aromatic heterocycles. The summed E-state index contributed by atoms with van der Waals surface area (Å²) in [5.74, 6) is -1.65. The molecule has 1 fully saturated rings. The molecule has 3 amide bonds. The van der Waals surface area contributed by atoms with Gasteiger partial charge in [-0.2, -0.15) is 0 Å². The van der Waals surface area contributed by atoms with E-state index in [0.717, 1.165) is 17.8 Å². The number of rotatable bonds is 9. The lowest BCUT2D eigenvalue weighted by atomic mass is 9.97. The van der Waals surface area contributed by atoms with Crippen molar-refractivity contribution in [1.29, 1.82) is 0 Å². The molecule has 2 aromatic rings. The Bertz CT molecular complexity index is 937. The van der Waals surface area contributed by atoms with Gasteiger partial charge in [0, 0.05) is 38.5 Å². The van der Waals surface area contributed by atoms with Crippen molar-refractivity contribution in [2.24, 2.45) is 5.92 Å². The number of hydrogen-bond acceptors (Lipinski definition) is 7. The number of nitrogens with zero attached hydrogens (tertiary/aromatic N) is 3. The first-order chi connectivity index (χ1) is 15.5. The highest BCUT2D eigenvalue weighted by Gasteiger charge is 2.30. The topological polar surface area (TPSA) is 114 Å². The Balaban J connectivity index is 1.53. The molecule has 3 rings (SSSR count). The van der Waals surface area contributed by atoms with Gasteiger partial charge in [-0.25, -0.2) is 4.39 Å². The molecular weight excluding hydrogens is 437 g/mol. The number of aromatic nitrogens is 2. The number of likely N-dealkylation sites (tertiary alicyclic amines) is 1. The molecule has 0 saturated carbocycles. The summed E-state index contributed by atoms with van der Waals surface area (Å²) in [6.45, 7) is 4.52. The van der Waals surface area contributed by atoms with Crippen LogP contribution >= 0.6 is 11.3 Å². The number of nitrogens with one attached hydrogen (secondary N) is 2. The molecule has 1 unspecified atom stereocenters. The fraction of sp³-hybridized carbons (Fsp3) is 0.476. The molecule has 0 spiro atoms. The number of piperidine rings is 1. The Labute approximate surface area is 189 Å². The van der Waals surface area contributed by atoms with Gasteiger partial charge in [0.2, 0.25) is 15.9 Å². The SMILES string of the molecule is CCOCCCNC(=O)C1CCCN(C(=O)c2nnc(C(=O)Nc3ccc(F)cc3)s2)C1. The average molecular weight is 464 g/mol. The minimum absolute atomic E-state index is 0.0262. The van der Waals surface area contributed by atoms with Gasteiger partial charge in [0.05, 0.1) is 5.92 Å². The Kier molecular flexibility index (Phi) is 8.63. The second-order valence-corrected chi connectivity index (χ2v) is 8.28. The molecule has 0 bridgehead atoms. The molecule has 2 heterocycles. The van der Waals surface area contributed by atoms with E-state index in [-0.39, 0.29) is 27.7 Å². The van der Waals surface area contributed by atoms with E-state index in [1.165, 1.54) is 24.3 Å². The summed E-state index contributed by atoms with van der Waals surface area (Å²) in [4.78, 5) is 39.2. The maximum Gasteiger partial charge on any atom is 0.286 e. The van der Waals surface area contributed by atoms with Crippen LogP contribution in [-0.4, -0.2) is 65.7 Å². The zero-order valence-corrected chi connectivity index (χ0v) is 18.6.